The number of benzene rings is 1. The van der Waals surface area contributed by atoms with Gasteiger partial charge in [0.15, 0.2) is 6.61 Å². The van der Waals surface area contributed by atoms with E-state index in [4.69, 9.17) is 20.8 Å². The molecule has 0 saturated carbocycles. The largest absolute Gasteiger partial charge is 0.465 e. The van der Waals surface area contributed by atoms with Gasteiger partial charge >= 0.3 is 5.97 Å². The van der Waals surface area contributed by atoms with Crippen LogP contribution in [0.15, 0.2) is 28.7 Å². The van der Waals surface area contributed by atoms with Crippen molar-refractivity contribution in [3.8, 4) is 0 Å². The summed E-state index contributed by atoms with van der Waals surface area (Å²) in [5.41, 5.74) is 2.19. The van der Waals surface area contributed by atoms with E-state index >= 15 is 0 Å². The van der Waals surface area contributed by atoms with Gasteiger partial charge in [0, 0.05) is 17.1 Å². The van der Waals surface area contributed by atoms with Gasteiger partial charge in [-0.2, -0.15) is 0 Å². The van der Waals surface area contributed by atoms with Gasteiger partial charge < -0.3 is 14.5 Å². The summed E-state index contributed by atoms with van der Waals surface area (Å²) in [6.07, 6.45) is 0.677. The number of furan rings is 1. The molecule has 0 bridgehead atoms. The zero-order valence-corrected chi connectivity index (χ0v) is 14.7. The molecule has 6 heteroatoms. The van der Waals surface area contributed by atoms with Crippen molar-refractivity contribution >= 4 is 23.5 Å². The summed E-state index contributed by atoms with van der Waals surface area (Å²) in [7, 11) is 0. The van der Waals surface area contributed by atoms with Crippen LogP contribution in [0.3, 0.4) is 0 Å². The van der Waals surface area contributed by atoms with E-state index in [0.717, 1.165) is 11.1 Å². The molecule has 0 unspecified atom stereocenters. The molecule has 2 aromatic rings. The number of hydrogen-bond acceptors (Lipinski definition) is 4. The Morgan fingerprint density at radius 2 is 1.79 bits per heavy atom. The van der Waals surface area contributed by atoms with E-state index in [1.165, 1.54) is 0 Å². The normalized spacial score (nSPS) is 10.5. The summed E-state index contributed by atoms with van der Waals surface area (Å²) < 4.78 is 10.4. The number of halogens is 1. The highest BCUT2D eigenvalue weighted by molar-refractivity contribution is 6.30. The predicted octanol–water partition coefficient (Wildman–Crippen LogP) is 3.37. The van der Waals surface area contributed by atoms with Gasteiger partial charge in [-0.1, -0.05) is 23.7 Å². The van der Waals surface area contributed by atoms with Gasteiger partial charge in [-0.3, -0.25) is 4.79 Å². The SMILES string of the molecule is Cc1oc(C)c(C(=O)OCC(=O)NCCc2ccc(Cl)cc2)c1C. The zero-order chi connectivity index (χ0) is 17.7. The molecule has 1 amide bonds. The van der Waals surface area contributed by atoms with Crippen molar-refractivity contribution in [3.63, 3.8) is 0 Å². The third-order valence-corrected chi connectivity index (χ3v) is 4.00. The van der Waals surface area contributed by atoms with E-state index in [9.17, 15) is 9.59 Å². The first-order valence-electron chi connectivity index (χ1n) is 7.63. The van der Waals surface area contributed by atoms with Crippen molar-refractivity contribution in [2.24, 2.45) is 0 Å². The molecular formula is C18H20ClNO4. The van der Waals surface area contributed by atoms with Crippen molar-refractivity contribution in [3.05, 3.63) is 57.5 Å². The lowest BCUT2D eigenvalue weighted by molar-refractivity contribution is -0.124. The molecule has 1 N–H and O–H groups in total. The maximum atomic E-state index is 12.1. The second-order valence-electron chi connectivity index (χ2n) is 5.52. The number of aryl methyl sites for hydroxylation is 2. The Bertz CT molecular complexity index is 734. The van der Waals surface area contributed by atoms with Crippen molar-refractivity contribution in [2.45, 2.75) is 27.2 Å². The maximum Gasteiger partial charge on any atom is 0.342 e. The van der Waals surface area contributed by atoms with Gasteiger partial charge in [-0.05, 0) is 44.9 Å². The predicted molar refractivity (Wildman–Crippen MR) is 91.4 cm³/mol. The minimum absolute atomic E-state index is 0.317. The van der Waals surface area contributed by atoms with Crippen molar-refractivity contribution in [2.75, 3.05) is 13.2 Å². The van der Waals surface area contributed by atoms with Crippen molar-refractivity contribution < 1.29 is 18.7 Å². The van der Waals surface area contributed by atoms with Crippen LogP contribution in [-0.4, -0.2) is 25.0 Å². The average molecular weight is 350 g/mol. The lowest BCUT2D eigenvalue weighted by Gasteiger charge is -2.07. The number of esters is 1. The molecule has 0 fully saturated rings. The van der Waals surface area contributed by atoms with E-state index in [1.807, 2.05) is 12.1 Å². The number of carbonyl (C=O) groups is 2. The second-order valence-corrected chi connectivity index (χ2v) is 5.95. The number of nitrogens with one attached hydrogen (secondary N) is 1. The Hall–Kier alpha value is -2.27. The number of amides is 1. The fourth-order valence-corrected chi connectivity index (χ4v) is 2.47. The summed E-state index contributed by atoms with van der Waals surface area (Å²) in [5, 5.41) is 3.39. The monoisotopic (exact) mass is 349 g/mol. The summed E-state index contributed by atoms with van der Waals surface area (Å²) in [4.78, 5) is 23.8. The number of ether oxygens (including phenoxy) is 1. The van der Waals surface area contributed by atoms with Crippen LogP contribution in [-0.2, 0) is 16.0 Å². The van der Waals surface area contributed by atoms with Crippen LogP contribution in [0.5, 0.6) is 0 Å². The Morgan fingerprint density at radius 3 is 2.38 bits per heavy atom. The molecule has 2 rings (SSSR count). The minimum atomic E-state index is -0.547. The van der Waals surface area contributed by atoms with Gasteiger partial charge in [0.25, 0.3) is 5.91 Å². The summed E-state index contributed by atoms with van der Waals surface area (Å²) in [5.74, 6) is 0.285. The second kappa shape index (κ2) is 8.02. The molecule has 24 heavy (non-hydrogen) atoms. The van der Waals surface area contributed by atoms with Gasteiger partial charge in [0.05, 0.1) is 0 Å². The first kappa shape index (κ1) is 18.1. The van der Waals surface area contributed by atoms with Gasteiger partial charge in [0.2, 0.25) is 0 Å². The molecule has 0 saturated heterocycles. The quantitative estimate of drug-likeness (QED) is 0.812. The lowest BCUT2D eigenvalue weighted by Crippen LogP contribution is -2.30. The van der Waals surface area contributed by atoms with Crippen LogP contribution in [0.25, 0.3) is 0 Å². The zero-order valence-electron chi connectivity index (χ0n) is 13.9. The fourth-order valence-electron chi connectivity index (χ4n) is 2.35. The minimum Gasteiger partial charge on any atom is -0.465 e. The Kier molecular flexibility index (Phi) is 6.04. The molecule has 0 atom stereocenters. The average Bonchev–Trinajstić information content (AvgIpc) is 2.80. The van der Waals surface area contributed by atoms with E-state index < -0.39 is 5.97 Å². The van der Waals surface area contributed by atoms with E-state index in [-0.39, 0.29) is 12.5 Å². The van der Waals surface area contributed by atoms with Crippen LogP contribution in [0.1, 0.15) is 33.0 Å². The number of hydrogen-bond donors (Lipinski definition) is 1. The lowest BCUT2D eigenvalue weighted by atomic mass is 10.1. The first-order valence-corrected chi connectivity index (χ1v) is 8.01. The third-order valence-electron chi connectivity index (χ3n) is 3.75. The van der Waals surface area contributed by atoms with Crippen LogP contribution in [0, 0.1) is 20.8 Å². The van der Waals surface area contributed by atoms with Gasteiger partial charge in [0.1, 0.15) is 17.1 Å². The van der Waals surface area contributed by atoms with E-state index in [2.05, 4.69) is 5.32 Å². The molecule has 0 aliphatic heterocycles. The van der Waals surface area contributed by atoms with Crippen LogP contribution in [0.4, 0.5) is 0 Å². The smallest absolute Gasteiger partial charge is 0.342 e. The first-order chi connectivity index (χ1) is 11.4. The molecule has 1 aromatic carbocycles. The highest BCUT2D eigenvalue weighted by atomic mass is 35.5. The van der Waals surface area contributed by atoms with E-state index in [1.54, 1.807) is 32.9 Å². The summed E-state index contributed by atoms with van der Waals surface area (Å²) in [6, 6.07) is 7.42. The Morgan fingerprint density at radius 1 is 1.12 bits per heavy atom. The van der Waals surface area contributed by atoms with E-state index in [0.29, 0.717) is 35.1 Å². The molecule has 1 aromatic heterocycles. The standard InChI is InChI=1S/C18H20ClNO4/c1-11-12(2)24-13(3)17(11)18(22)23-10-16(21)20-9-8-14-4-6-15(19)7-5-14/h4-7H,8-10H2,1-3H3,(H,20,21). The van der Waals surface area contributed by atoms with Crippen molar-refractivity contribution in [1.82, 2.24) is 5.32 Å². The Labute approximate surface area is 145 Å². The highest BCUT2D eigenvalue weighted by Gasteiger charge is 2.20. The van der Waals surface area contributed by atoms with Gasteiger partial charge in [-0.15, -0.1) is 0 Å². The summed E-state index contributed by atoms with van der Waals surface area (Å²) >= 11 is 5.82. The molecule has 1 heterocycles. The molecule has 5 nitrogen and oxygen atoms in total. The van der Waals surface area contributed by atoms with Gasteiger partial charge in [-0.25, -0.2) is 4.79 Å². The fraction of sp³-hybridized carbons (Fsp3) is 0.333. The maximum absolute atomic E-state index is 12.1. The van der Waals surface area contributed by atoms with Crippen LogP contribution < -0.4 is 5.32 Å². The Balaban J connectivity index is 1.76. The van der Waals surface area contributed by atoms with Crippen LogP contribution in [0.2, 0.25) is 5.02 Å². The third kappa shape index (κ3) is 4.61. The topological polar surface area (TPSA) is 68.5 Å². The van der Waals surface area contributed by atoms with Crippen LogP contribution >= 0.6 is 11.6 Å². The summed E-state index contributed by atoms with van der Waals surface area (Å²) in [6.45, 7) is 5.41. The molecule has 0 radical (unpaired) electrons. The number of carbonyl (C=O) groups excluding carboxylic acids is 2. The molecule has 0 aliphatic carbocycles. The molecule has 0 spiro atoms. The molecular weight excluding hydrogens is 330 g/mol. The highest BCUT2D eigenvalue weighted by Crippen LogP contribution is 2.21. The molecule has 128 valence electrons. The van der Waals surface area contributed by atoms with Crippen molar-refractivity contribution in [1.29, 1.82) is 0 Å². The number of rotatable bonds is 6. The molecule has 0 aliphatic rings.